The van der Waals surface area contributed by atoms with E-state index in [2.05, 4.69) is 10.2 Å². The largest absolute Gasteiger partial charge is 0.494 e. The quantitative estimate of drug-likeness (QED) is 0.531. The minimum Gasteiger partial charge on any atom is -0.494 e. The average Bonchev–Trinajstić information content (AvgIpc) is 3.15. The van der Waals surface area contributed by atoms with Gasteiger partial charge in [-0.15, -0.1) is 5.10 Å². The van der Waals surface area contributed by atoms with Crippen molar-refractivity contribution in [2.45, 2.75) is 19.3 Å². The number of alkyl halides is 6. The van der Waals surface area contributed by atoms with Crippen LogP contribution in [0, 0.1) is 0 Å². The van der Waals surface area contributed by atoms with Crippen LogP contribution in [0.1, 0.15) is 28.4 Å². The lowest BCUT2D eigenvalue weighted by Crippen LogP contribution is -2.17. The number of hydrogen-bond donors (Lipinski definition) is 1. The van der Waals surface area contributed by atoms with Gasteiger partial charge in [0.1, 0.15) is 5.75 Å². The first-order chi connectivity index (χ1) is 14.5. The molecule has 1 heterocycles. The number of hydrogen-bond acceptors (Lipinski definition) is 5. The van der Waals surface area contributed by atoms with Crippen molar-refractivity contribution in [2.75, 3.05) is 11.9 Å². The van der Waals surface area contributed by atoms with E-state index < -0.39 is 41.0 Å². The lowest BCUT2D eigenvalue weighted by Gasteiger charge is -2.13. The Bertz CT molecular complexity index is 1040. The second-order valence-corrected chi connectivity index (χ2v) is 6.12. The molecule has 0 unspecified atom stereocenters. The Labute approximate surface area is 170 Å². The van der Waals surface area contributed by atoms with Gasteiger partial charge in [0, 0.05) is 11.1 Å². The molecule has 3 rings (SSSR count). The zero-order valence-corrected chi connectivity index (χ0v) is 15.6. The number of benzene rings is 2. The fourth-order valence-corrected chi connectivity index (χ4v) is 2.51. The molecule has 0 atom stereocenters. The second kappa shape index (κ2) is 8.28. The second-order valence-electron chi connectivity index (χ2n) is 6.12. The lowest BCUT2D eigenvalue weighted by atomic mass is 10.0. The molecule has 0 aliphatic heterocycles. The number of amides is 1. The fourth-order valence-electron chi connectivity index (χ4n) is 2.51. The molecule has 3 aromatic rings. The Hall–Kier alpha value is -3.57. The highest BCUT2D eigenvalue weighted by molar-refractivity contribution is 6.03. The van der Waals surface area contributed by atoms with Crippen LogP contribution in [0.2, 0.25) is 0 Å². The van der Waals surface area contributed by atoms with Crippen molar-refractivity contribution in [2.24, 2.45) is 0 Å². The van der Waals surface area contributed by atoms with Crippen LogP contribution >= 0.6 is 0 Å². The van der Waals surface area contributed by atoms with Gasteiger partial charge in [-0.2, -0.15) is 26.3 Å². The number of carbonyl (C=O) groups is 1. The van der Waals surface area contributed by atoms with Gasteiger partial charge in [-0.1, -0.05) is 5.10 Å². The molecule has 12 heteroatoms. The third-order valence-electron chi connectivity index (χ3n) is 3.91. The number of rotatable bonds is 5. The van der Waals surface area contributed by atoms with Gasteiger partial charge in [0.2, 0.25) is 5.89 Å². The molecule has 1 aromatic heterocycles. The zero-order chi connectivity index (χ0) is 22.8. The van der Waals surface area contributed by atoms with Crippen molar-refractivity contribution in [1.82, 2.24) is 10.2 Å². The van der Waals surface area contributed by atoms with Gasteiger partial charge in [-0.3, -0.25) is 10.1 Å². The molecule has 0 saturated carbocycles. The smallest absolute Gasteiger partial charge is 0.416 e. The van der Waals surface area contributed by atoms with Gasteiger partial charge in [-0.25, -0.2) is 0 Å². The maximum Gasteiger partial charge on any atom is 0.416 e. The van der Waals surface area contributed by atoms with Crippen LogP contribution < -0.4 is 10.1 Å². The van der Waals surface area contributed by atoms with E-state index in [4.69, 9.17) is 9.15 Å². The Kier molecular flexibility index (Phi) is 5.91. The van der Waals surface area contributed by atoms with Gasteiger partial charge in [-0.05, 0) is 49.4 Å². The summed E-state index contributed by atoms with van der Waals surface area (Å²) in [5, 5.41) is 9.22. The molecule has 164 valence electrons. The van der Waals surface area contributed by atoms with Crippen LogP contribution in [0.3, 0.4) is 0 Å². The van der Waals surface area contributed by atoms with E-state index in [0.29, 0.717) is 30.1 Å². The summed E-state index contributed by atoms with van der Waals surface area (Å²) in [7, 11) is 0. The van der Waals surface area contributed by atoms with Crippen LogP contribution in [0.4, 0.5) is 32.4 Å². The molecular weight excluding hydrogens is 432 g/mol. The fraction of sp³-hybridized carbons (Fsp3) is 0.211. The van der Waals surface area contributed by atoms with Crippen molar-refractivity contribution < 1.29 is 40.3 Å². The first-order valence-electron chi connectivity index (χ1n) is 8.65. The number of anilines is 1. The summed E-state index contributed by atoms with van der Waals surface area (Å²) in [6.45, 7) is 2.27. The lowest BCUT2D eigenvalue weighted by molar-refractivity contribution is -0.143. The molecule has 0 aliphatic carbocycles. The molecule has 2 aromatic carbocycles. The standard InChI is InChI=1S/C19H13F6N3O3/c1-2-30-14-5-3-10(4-6-14)16-27-28-17(31-16)26-15(29)11-7-12(18(20,21)22)9-13(8-11)19(23,24)25/h3-9H,2H2,1H3,(H,26,28,29). The number of ether oxygens (including phenoxy) is 1. The Morgan fingerprint density at radius 1 is 0.968 bits per heavy atom. The first-order valence-corrected chi connectivity index (χ1v) is 8.65. The normalized spacial score (nSPS) is 12.0. The highest BCUT2D eigenvalue weighted by Gasteiger charge is 2.37. The molecular formula is C19H13F6N3O3. The molecule has 0 aliphatic rings. The summed E-state index contributed by atoms with van der Waals surface area (Å²) in [5.41, 5.74) is -3.65. The number of halogens is 6. The molecule has 1 amide bonds. The van der Waals surface area contributed by atoms with E-state index in [9.17, 15) is 31.1 Å². The number of nitrogens with one attached hydrogen (secondary N) is 1. The average molecular weight is 445 g/mol. The molecule has 1 N–H and O–H groups in total. The van der Waals surface area contributed by atoms with Gasteiger partial charge in [0.05, 0.1) is 17.7 Å². The minimum atomic E-state index is -5.08. The monoisotopic (exact) mass is 445 g/mol. The number of nitrogens with zero attached hydrogens (tertiary/aromatic N) is 2. The van der Waals surface area contributed by atoms with Crippen molar-refractivity contribution >= 4 is 11.9 Å². The van der Waals surface area contributed by atoms with Crippen LogP contribution in [0.25, 0.3) is 11.5 Å². The van der Waals surface area contributed by atoms with Crippen molar-refractivity contribution in [3.8, 4) is 17.2 Å². The van der Waals surface area contributed by atoms with Gasteiger partial charge < -0.3 is 9.15 Å². The molecule has 0 saturated heterocycles. The molecule has 31 heavy (non-hydrogen) atoms. The van der Waals surface area contributed by atoms with E-state index in [-0.39, 0.29) is 12.0 Å². The molecule has 6 nitrogen and oxygen atoms in total. The summed E-state index contributed by atoms with van der Waals surface area (Å²) in [4.78, 5) is 12.2. The molecule has 0 fully saturated rings. The summed E-state index contributed by atoms with van der Waals surface area (Å²) < 4.78 is 88.2. The third kappa shape index (κ3) is 5.32. The molecule has 0 bridgehead atoms. The van der Waals surface area contributed by atoms with Crippen LogP contribution in [0.5, 0.6) is 5.75 Å². The van der Waals surface area contributed by atoms with Crippen molar-refractivity contribution in [3.63, 3.8) is 0 Å². The SMILES string of the molecule is CCOc1ccc(-c2nnc(NC(=O)c3cc(C(F)(F)F)cc(C(F)(F)F)c3)o2)cc1. The summed E-state index contributed by atoms with van der Waals surface area (Å²) in [6, 6.07) is 6.46. The molecule has 0 spiro atoms. The van der Waals surface area contributed by atoms with Gasteiger partial charge in [0.15, 0.2) is 0 Å². The topological polar surface area (TPSA) is 77.3 Å². The van der Waals surface area contributed by atoms with E-state index in [1.165, 1.54) is 0 Å². The van der Waals surface area contributed by atoms with E-state index in [0.717, 1.165) is 0 Å². The molecule has 0 radical (unpaired) electrons. The number of aromatic nitrogens is 2. The Balaban J connectivity index is 1.83. The minimum absolute atomic E-state index is 0.0293. The van der Waals surface area contributed by atoms with Crippen LogP contribution in [-0.4, -0.2) is 22.7 Å². The predicted octanol–water partition coefficient (Wildman–Crippen LogP) is 5.43. The Morgan fingerprint density at radius 3 is 2.06 bits per heavy atom. The summed E-state index contributed by atoms with van der Waals surface area (Å²) in [5.74, 6) is -0.721. The van der Waals surface area contributed by atoms with Crippen LogP contribution in [0.15, 0.2) is 46.9 Å². The maximum atomic E-state index is 12.9. The van der Waals surface area contributed by atoms with Crippen LogP contribution in [-0.2, 0) is 12.4 Å². The van der Waals surface area contributed by atoms with E-state index in [1.807, 2.05) is 12.2 Å². The van der Waals surface area contributed by atoms with E-state index >= 15 is 0 Å². The first kappa shape index (κ1) is 22.1. The summed E-state index contributed by atoms with van der Waals surface area (Å²) >= 11 is 0. The van der Waals surface area contributed by atoms with E-state index in [1.54, 1.807) is 24.3 Å². The van der Waals surface area contributed by atoms with Gasteiger partial charge >= 0.3 is 18.4 Å². The van der Waals surface area contributed by atoms with Gasteiger partial charge in [0.25, 0.3) is 5.91 Å². The van der Waals surface area contributed by atoms with Crippen molar-refractivity contribution in [1.29, 1.82) is 0 Å². The highest BCUT2D eigenvalue weighted by atomic mass is 19.4. The zero-order valence-electron chi connectivity index (χ0n) is 15.6. The number of carbonyl (C=O) groups excluding carboxylic acids is 1. The Morgan fingerprint density at radius 2 is 1.55 bits per heavy atom. The predicted molar refractivity (Wildman–Crippen MR) is 95.3 cm³/mol. The maximum absolute atomic E-state index is 12.9. The third-order valence-corrected chi connectivity index (χ3v) is 3.91. The highest BCUT2D eigenvalue weighted by Crippen LogP contribution is 2.36. The summed E-state index contributed by atoms with van der Waals surface area (Å²) in [6.07, 6.45) is -10.2. The van der Waals surface area contributed by atoms with Crippen molar-refractivity contribution in [3.05, 3.63) is 59.2 Å².